The van der Waals surface area contributed by atoms with Gasteiger partial charge in [-0.2, -0.15) is 0 Å². The lowest BCUT2D eigenvalue weighted by atomic mass is 9.96. The van der Waals surface area contributed by atoms with Gasteiger partial charge < -0.3 is 29.8 Å². The van der Waals surface area contributed by atoms with Crippen LogP contribution in [0.2, 0.25) is 0 Å². The summed E-state index contributed by atoms with van der Waals surface area (Å²) in [5.74, 6) is 0. The van der Waals surface area contributed by atoms with Crippen LogP contribution in [0.3, 0.4) is 0 Å². The number of rotatable bonds is 2. The van der Waals surface area contributed by atoms with Crippen LogP contribution in [0.15, 0.2) is 30.3 Å². The predicted octanol–water partition coefficient (Wildman–Crippen LogP) is 0.160. The largest absolute Gasteiger partial charge is 0.386 e. The van der Waals surface area contributed by atoms with Gasteiger partial charge >= 0.3 is 0 Å². The first-order chi connectivity index (χ1) is 9.70. The molecule has 6 nitrogen and oxygen atoms in total. The van der Waals surface area contributed by atoms with Crippen LogP contribution in [0.5, 0.6) is 0 Å². The normalized spacial score (nSPS) is 41.1. The summed E-state index contributed by atoms with van der Waals surface area (Å²) in [7, 11) is 1.47. The van der Waals surface area contributed by atoms with Crippen molar-refractivity contribution >= 4 is 0 Å². The fraction of sp³-hybridized carbons (Fsp3) is 0.571. The molecule has 6 heteroatoms. The minimum atomic E-state index is -0.921. The van der Waals surface area contributed by atoms with Crippen molar-refractivity contribution < 1.29 is 24.1 Å². The molecule has 0 spiro atoms. The second-order valence-corrected chi connectivity index (χ2v) is 5.02. The third kappa shape index (κ3) is 2.46. The zero-order valence-electron chi connectivity index (χ0n) is 11.2. The van der Waals surface area contributed by atoms with Crippen molar-refractivity contribution in [2.75, 3.05) is 13.7 Å². The third-order valence-electron chi connectivity index (χ3n) is 3.72. The van der Waals surface area contributed by atoms with Crippen molar-refractivity contribution in [1.82, 2.24) is 0 Å². The van der Waals surface area contributed by atoms with Gasteiger partial charge in [-0.25, -0.2) is 0 Å². The average Bonchev–Trinajstić information content (AvgIpc) is 2.51. The second kappa shape index (κ2) is 5.77. The van der Waals surface area contributed by atoms with Crippen molar-refractivity contribution in [3.63, 3.8) is 0 Å². The molecule has 0 radical (unpaired) electrons. The zero-order valence-corrected chi connectivity index (χ0v) is 11.2. The SMILES string of the molecule is CO[C@H]1O[C@@H]2COC(c3ccccc3)O[C@H]2[C@@H](N)[C@@H]1O. The Morgan fingerprint density at radius 1 is 1.25 bits per heavy atom. The van der Waals surface area contributed by atoms with E-state index >= 15 is 0 Å². The highest BCUT2D eigenvalue weighted by Gasteiger charge is 2.48. The summed E-state index contributed by atoms with van der Waals surface area (Å²) in [6, 6.07) is 9.04. The predicted molar refractivity (Wildman–Crippen MR) is 69.7 cm³/mol. The third-order valence-corrected chi connectivity index (χ3v) is 3.72. The molecule has 20 heavy (non-hydrogen) atoms. The van der Waals surface area contributed by atoms with Crippen molar-refractivity contribution in [3.05, 3.63) is 35.9 Å². The quantitative estimate of drug-likeness (QED) is 0.803. The minimum Gasteiger partial charge on any atom is -0.386 e. The first-order valence-corrected chi connectivity index (χ1v) is 6.64. The molecular weight excluding hydrogens is 262 g/mol. The molecule has 0 aromatic heterocycles. The Balaban J connectivity index is 1.74. The molecule has 1 aromatic carbocycles. The Morgan fingerprint density at radius 3 is 2.70 bits per heavy atom. The van der Waals surface area contributed by atoms with Gasteiger partial charge in [0.05, 0.1) is 12.6 Å². The topological polar surface area (TPSA) is 83.2 Å². The van der Waals surface area contributed by atoms with E-state index in [-0.39, 0.29) is 6.10 Å². The first kappa shape index (κ1) is 13.9. The number of methoxy groups -OCH3 is 1. The van der Waals surface area contributed by atoms with Crippen LogP contribution in [-0.2, 0) is 18.9 Å². The molecule has 3 N–H and O–H groups in total. The van der Waals surface area contributed by atoms with Crippen LogP contribution < -0.4 is 5.73 Å². The Hall–Kier alpha value is -1.02. The Morgan fingerprint density at radius 2 is 2.00 bits per heavy atom. The highest BCUT2D eigenvalue weighted by molar-refractivity contribution is 5.16. The number of hydrogen-bond acceptors (Lipinski definition) is 6. The summed E-state index contributed by atoms with van der Waals surface area (Å²) in [5.41, 5.74) is 6.97. The van der Waals surface area contributed by atoms with E-state index in [1.54, 1.807) is 0 Å². The number of hydrogen-bond donors (Lipinski definition) is 2. The van der Waals surface area contributed by atoms with Gasteiger partial charge in [-0.05, 0) is 0 Å². The van der Waals surface area contributed by atoms with Gasteiger partial charge in [0.15, 0.2) is 12.6 Å². The molecule has 0 saturated carbocycles. The Kier molecular flexibility index (Phi) is 4.02. The molecular formula is C14H19NO5. The van der Waals surface area contributed by atoms with Gasteiger partial charge in [-0.3, -0.25) is 0 Å². The number of fused-ring (bicyclic) bond motifs is 1. The molecule has 2 saturated heterocycles. The smallest absolute Gasteiger partial charge is 0.185 e. The lowest BCUT2D eigenvalue weighted by Gasteiger charge is -2.46. The first-order valence-electron chi connectivity index (χ1n) is 6.64. The molecule has 0 aliphatic carbocycles. The lowest BCUT2D eigenvalue weighted by molar-refractivity contribution is -0.338. The van der Waals surface area contributed by atoms with E-state index in [0.29, 0.717) is 6.61 Å². The molecule has 0 amide bonds. The summed E-state index contributed by atoms with van der Waals surface area (Å²) in [4.78, 5) is 0. The van der Waals surface area contributed by atoms with Gasteiger partial charge in [0, 0.05) is 12.7 Å². The number of aliphatic hydroxyl groups excluding tert-OH is 1. The summed E-state index contributed by atoms with van der Waals surface area (Å²) < 4.78 is 22.2. The van der Waals surface area contributed by atoms with E-state index in [1.165, 1.54) is 7.11 Å². The minimum absolute atomic E-state index is 0.335. The maximum absolute atomic E-state index is 10.0. The van der Waals surface area contributed by atoms with Crippen LogP contribution in [0.1, 0.15) is 11.9 Å². The number of nitrogens with two attached hydrogens (primary N) is 1. The maximum atomic E-state index is 10.0. The molecule has 3 rings (SSSR count). The molecule has 2 aliphatic rings. The summed E-state index contributed by atoms with van der Waals surface area (Å²) in [6.45, 7) is 0.352. The van der Waals surface area contributed by atoms with Gasteiger partial charge in [0.1, 0.15) is 18.3 Å². The Labute approximate surface area is 117 Å². The van der Waals surface area contributed by atoms with Crippen LogP contribution in [-0.4, -0.2) is 49.5 Å². The van der Waals surface area contributed by atoms with Crippen LogP contribution >= 0.6 is 0 Å². The van der Waals surface area contributed by atoms with E-state index in [2.05, 4.69) is 0 Å². The van der Waals surface area contributed by atoms with Gasteiger partial charge in [0.25, 0.3) is 0 Å². The van der Waals surface area contributed by atoms with E-state index in [0.717, 1.165) is 5.56 Å². The molecule has 2 aliphatic heterocycles. The highest BCUT2D eigenvalue weighted by atomic mass is 16.7. The van der Waals surface area contributed by atoms with E-state index < -0.39 is 30.8 Å². The van der Waals surface area contributed by atoms with Gasteiger partial charge in [-0.15, -0.1) is 0 Å². The molecule has 110 valence electrons. The van der Waals surface area contributed by atoms with Gasteiger partial charge in [-0.1, -0.05) is 30.3 Å². The number of ether oxygens (including phenoxy) is 4. The Bertz CT molecular complexity index is 440. The van der Waals surface area contributed by atoms with Crippen LogP contribution in [0.4, 0.5) is 0 Å². The van der Waals surface area contributed by atoms with E-state index in [1.807, 2.05) is 30.3 Å². The fourth-order valence-electron chi connectivity index (χ4n) is 2.61. The molecule has 6 atom stereocenters. The summed E-state index contributed by atoms with van der Waals surface area (Å²) in [5, 5.41) is 10.0. The van der Waals surface area contributed by atoms with Crippen molar-refractivity contribution in [3.8, 4) is 0 Å². The molecule has 1 unspecified atom stereocenters. The number of aliphatic hydroxyl groups is 1. The van der Waals surface area contributed by atoms with Crippen molar-refractivity contribution in [1.29, 1.82) is 0 Å². The zero-order chi connectivity index (χ0) is 14.1. The fourth-order valence-corrected chi connectivity index (χ4v) is 2.61. The van der Waals surface area contributed by atoms with Gasteiger partial charge in [0.2, 0.25) is 0 Å². The number of benzene rings is 1. The monoisotopic (exact) mass is 281 g/mol. The maximum Gasteiger partial charge on any atom is 0.185 e. The van der Waals surface area contributed by atoms with E-state index in [9.17, 15) is 5.11 Å². The average molecular weight is 281 g/mol. The summed E-state index contributed by atoms with van der Waals surface area (Å²) in [6.07, 6.45) is -2.91. The van der Waals surface area contributed by atoms with E-state index in [4.69, 9.17) is 24.7 Å². The lowest BCUT2D eigenvalue weighted by Crippen LogP contribution is -2.65. The molecule has 2 heterocycles. The van der Waals surface area contributed by atoms with Crippen LogP contribution in [0.25, 0.3) is 0 Å². The van der Waals surface area contributed by atoms with Crippen molar-refractivity contribution in [2.45, 2.75) is 36.9 Å². The molecule has 1 aromatic rings. The molecule has 2 fully saturated rings. The van der Waals surface area contributed by atoms with Crippen LogP contribution in [0, 0.1) is 0 Å². The second-order valence-electron chi connectivity index (χ2n) is 5.02. The summed E-state index contributed by atoms with van der Waals surface area (Å²) >= 11 is 0. The highest BCUT2D eigenvalue weighted by Crippen LogP contribution is 2.33. The standard InChI is InChI=1S/C14H19NO5/c1-17-14-11(16)10(15)12-9(19-14)7-18-13(20-12)8-5-3-2-4-6-8/h2-6,9-14,16H,7,15H2,1H3/t9-,10+,11+,12-,13?,14+/m1/s1. The van der Waals surface area contributed by atoms with Crippen molar-refractivity contribution in [2.24, 2.45) is 5.73 Å². The molecule has 0 bridgehead atoms.